The van der Waals surface area contributed by atoms with Crippen LogP contribution in [-0.4, -0.2) is 24.5 Å². The second-order valence-corrected chi connectivity index (χ2v) is 5.85. The van der Waals surface area contributed by atoms with E-state index in [1.807, 2.05) is 19.9 Å². The van der Waals surface area contributed by atoms with Gasteiger partial charge in [0.1, 0.15) is 18.9 Å². The minimum absolute atomic E-state index is 0.0471. The van der Waals surface area contributed by atoms with Crippen LogP contribution < -0.4 is 10.1 Å². The molecule has 0 aliphatic carbocycles. The van der Waals surface area contributed by atoms with Crippen LogP contribution >= 0.6 is 0 Å². The molecule has 0 saturated carbocycles. The molecule has 2 rings (SSSR count). The predicted molar refractivity (Wildman–Crippen MR) is 95.5 cm³/mol. The first-order valence-electron chi connectivity index (χ1n) is 8.17. The van der Waals surface area contributed by atoms with Gasteiger partial charge in [-0.05, 0) is 55.8 Å². The van der Waals surface area contributed by atoms with E-state index in [1.54, 1.807) is 48.5 Å². The Labute approximate surface area is 152 Å². The van der Waals surface area contributed by atoms with Crippen molar-refractivity contribution in [2.24, 2.45) is 0 Å². The smallest absolute Gasteiger partial charge is 0.325 e. The molecule has 134 valence electrons. The Morgan fingerprint density at radius 1 is 1.15 bits per heavy atom. The van der Waals surface area contributed by atoms with E-state index in [9.17, 15) is 9.59 Å². The summed E-state index contributed by atoms with van der Waals surface area (Å²) in [6, 6.07) is 15.5. The molecule has 0 radical (unpaired) electrons. The molecule has 0 spiro atoms. The van der Waals surface area contributed by atoms with E-state index in [1.165, 1.54) is 0 Å². The van der Waals surface area contributed by atoms with Crippen molar-refractivity contribution < 1.29 is 19.1 Å². The van der Waals surface area contributed by atoms with Crippen molar-refractivity contribution in [2.75, 3.05) is 6.54 Å². The third-order valence-corrected chi connectivity index (χ3v) is 3.34. The number of amides is 1. The summed E-state index contributed by atoms with van der Waals surface area (Å²) in [7, 11) is 0. The Bertz CT molecular complexity index is 807. The van der Waals surface area contributed by atoms with Crippen molar-refractivity contribution in [3.63, 3.8) is 0 Å². The molecule has 0 atom stereocenters. The fourth-order valence-electron chi connectivity index (χ4n) is 2.16. The van der Waals surface area contributed by atoms with Gasteiger partial charge in [0.2, 0.25) is 0 Å². The van der Waals surface area contributed by atoms with Crippen LogP contribution in [0.15, 0.2) is 48.5 Å². The van der Waals surface area contributed by atoms with Gasteiger partial charge in [-0.1, -0.05) is 12.1 Å². The highest BCUT2D eigenvalue weighted by molar-refractivity contribution is 5.96. The summed E-state index contributed by atoms with van der Waals surface area (Å²) >= 11 is 0. The van der Waals surface area contributed by atoms with E-state index in [-0.39, 0.29) is 25.2 Å². The van der Waals surface area contributed by atoms with E-state index in [2.05, 4.69) is 5.32 Å². The highest BCUT2D eigenvalue weighted by Gasteiger charge is 2.10. The van der Waals surface area contributed by atoms with Crippen LogP contribution in [0.4, 0.5) is 0 Å². The van der Waals surface area contributed by atoms with E-state index in [0.717, 1.165) is 0 Å². The maximum Gasteiger partial charge on any atom is 0.325 e. The first-order chi connectivity index (χ1) is 12.5. The van der Waals surface area contributed by atoms with Gasteiger partial charge < -0.3 is 14.8 Å². The van der Waals surface area contributed by atoms with Crippen molar-refractivity contribution in [1.82, 2.24) is 5.32 Å². The molecule has 0 aromatic heterocycles. The molecule has 0 bridgehead atoms. The summed E-state index contributed by atoms with van der Waals surface area (Å²) in [4.78, 5) is 23.8. The van der Waals surface area contributed by atoms with Crippen LogP contribution in [0.1, 0.15) is 35.3 Å². The third-order valence-electron chi connectivity index (χ3n) is 3.34. The Morgan fingerprint density at radius 2 is 1.88 bits per heavy atom. The van der Waals surface area contributed by atoms with Crippen molar-refractivity contribution in [3.05, 3.63) is 65.2 Å². The number of esters is 1. The molecule has 1 N–H and O–H groups in total. The standard InChI is InChI=1S/C20H20N2O4/c1-14(2)26-18-8-6-17(7-9-18)20(24)22-12-19(23)25-13-16-5-3-4-15(10-16)11-21/h3-10,14H,12-13H2,1-2H3,(H,22,24). The summed E-state index contributed by atoms with van der Waals surface area (Å²) in [5, 5.41) is 11.4. The number of rotatable bonds is 7. The van der Waals surface area contributed by atoms with Gasteiger partial charge in [-0.2, -0.15) is 5.26 Å². The molecule has 0 aliphatic rings. The van der Waals surface area contributed by atoms with Crippen LogP contribution in [0, 0.1) is 11.3 Å². The second kappa shape index (κ2) is 9.23. The van der Waals surface area contributed by atoms with Crippen LogP contribution in [0.5, 0.6) is 5.75 Å². The van der Waals surface area contributed by atoms with Gasteiger partial charge >= 0.3 is 5.97 Å². The summed E-state index contributed by atoms with van der Waals surface area (Å²) in [6.07, 6.45) is 0.0540. The van der Waals surface area contributed by atoms with Gasteiger partial charge in [-0.3, -0.25) is 9.59 Å². The lowest BCUT2D eigenvalue weighted by Gasteiger charge is -2.10. The number of benzene rings is 2. The molecule has 0 saturated heterocycles. The minimum atomic E-state index is -0.555. The average molecular weight is 352 g/mol. The molecule has 2 aromatic rings. The van der Waals surface area contributed by atoms with E-state index < -0.39 is 5.97 Å². The predicted octanol–water partition coefficient (Wildman–Crippen LogP) is 2.82. The van der Waals surface area contributed by atoms with Crippen LogP contribution in [-0.2, 0) is 16.1 Å². The van der Waals surface area contributed by atoms with E-state index in [4.69, 9.17) is 14.7 Å². The topological polar surface area (TPSA) is 88.4 Å². The quantitative estimate of drug-likeness (QED) is 0.774. The molecular formula is C20H20N2O4. The maximum atomic E-state index is 12.0. The number of hydrogen-bond acceptors (Lipinski definition) is 5. The van der Waals surface area contributed by atoms with Gasteiger partial charge in [0.15, 0.2) is 0 Å². The first kappa shape index (κ1) is 19.0. The number of carbonyl (C=O) groups is 2. The Balaban J connectivity index is 1.79. The number of carbonyl (C=O) groups excluding carboxylic acids is 2. The lowest BCUT2D eigenvalue weighted by molar-refractivity contribution is -0.143. The highest BCUT2D eigenvalue weighted by atomic mass is 16.5. The molecule has 6 heteroatoms. The van der Waals surface area contributed by atoms with Crippen molar-refractivity contribution in [1.29, 1.82) is 5.26 Å². The fraction of sp³-hybridized carbons (Fsp3) is 0.250. The van der Waals surface area contributed by atoms with Crippen LogP contribution in [0.25, 0.3) is 0 Å². The molecule has 0 aliphatic heterocycles. The Kier molecular flexibility index (Phi) is 6.75. The van der Waals surface area contributed by atoms with Crippen molar-refractivity contribution in [2.45, 2.75) is 26.6 Å². The number of ether oxygens (including phenoxy) is 2. The zero-order valence-corrected chi connectivity index (χ0v) is 14.7. The molecule has 0 heterocycles. The van der Waals surface area contributed by atoms with Gasteiger partial charge in [-0.25, -0.2) is 0 Å². The lowest BCUT2D eigenvalue weighted by atomic mass is 10.1. The molecule has 6 nitrogen and oxygen atoms in total. The van der Waals surface area contributed by atoms with E-state index in [0.29, 0.717) is 22.4 Å². The van der Waals surface area contributed by atoms with Crippen LogP contribution in [0.3, 0.4) is 0 Å². The van der Waals surface area contributed by atoms with Gasteiger partial charge in [0, 0.05) is 5.56 Å². The summed E-state index contributed by atoms with van der Waals surface area (Å²) in [5.74, 6) is -0.249. The number of nitriles is 1. The monoisotopic (exact) mass is 352 g/mol. The van der Waals surface area contributed by atoms with E-state index >= 15 is 0 Å². The average Bonchev–Trinajstić information content (AvgIpc) is 2.64. The zero-order valence-electron chi connectivity index (χ0n) is 14.7. The first-order valence-corrected chi connectivity index (χ1v) is 8.17. The molecule has 1 amide bonds. The number of nitrogens with zero attached hydrogens (tertiary/aromatic N) is 1. The third kappa shape index (κ3) is 5.95. The second-order valence-electron chi connectivity index (χ2n) is 5.85. The minimum Gasteiger partial charge on any atom is -0.491 e. The molecule has 2 aromatic carbocycles. The van der Waals surface area contributed by atoms with Gasteiger partial charge in [0.05, 0.1) is 17.7 Å². The number of nitrogens with one attached hydrogen (secondary N) is 1. The zero-order chi connectivity index (χ0) is 18.9. The molecule has 0 fully saturated rings. The fourth-order valence-corrected chi connectivity index (χ4v) is 2.16. The summed E-state index contributed by atoms with van der Waals surface area (Å²) in [6.45, 7) is 3.65. The summed E-state index contributed by atoms with van der Waals surface area (Å²) in [5.41, 5.74) is 1.64. The SMILES string of the molecule is CC(C)Oc1ccc(C(=O)NCC(=O)OCc2cccc(C#N)c2)cc1. The van der Waals surface area contributed by atoms with Gasteiger partial charge in [-0.15, -0.1) is 0 Å². The Hall–Kier alpha value is -3.33. The van der Waals surface area contributed by atoms with Crippen molar-refractivity contribution in [3.8, 4) is 11.8 Å². The normalized spacial score (nSPS) is 10.1. The largest absolute Gasteiger partial charge is 0.491 e. The molecular weight excluding hydrogens is 332 g/mol. The molecule has 0 unspecified atom stereocenters. The maximum absolute atomic E-state index is 12.0. The highest BCUT2D eigenvalue weighted by Crippen LogP contribution is 2.13. The number of hydrogen-bond donors (Lipinski definition) is 1. The van der Waals surface area contributed by atoms with Crippen LogP contribution in [0.2, 0.25) is 0 Å². The Morgan fingerprint density at radius 3 is 2.54 bits per heavy atom. The molecule has 26 heavy (non-hydrogen) atoms. The summed E-state index contributed by atoms with van der Waals surface area (Å²) < 4.78 is 10.6. The van der Waals surface area contributed by atoms with Crippen molar-refractivity contribution >= 4 is 11.9 Å². The van der Waals surface area contributed by atoms with Gasteiger partial charge in [0.25, 0.3) is 5.91 Å². The lowest BCUT2D eigenvalue weighted by Crippen LogP contribution is -2.30.